The minimum atomic E-state index is -2.87. The Morgan fingerprint density at radius 3 is 1.71 bits per heavy atom. The number of carbonyl (C=O) groups is 5. The summed E-state index contributed by atoms with van der Waals surface area (Å²) in [5.74, 6) is 0.108. The summed E-state index contributed by atoms with van der Waals surface area (Å²) >= 11 is 5.15. The SMILES string of the molecule is CC[C@H]1O[C@@H](n2cc(/C=C/C(=O)NCCCCCCNC(=O)CCSC(=O)c3ccccc3)c(=O)[nH]c2=O)C[C@H]1OP(OCCC#N)N(C(C)C)C(C)C.CP(C)(=O)O[C@@H]1C[C@H](n2cc(/C=C/C(=O)NCCCCCCNC(=O)CCS)c(=O)[nH]c2=O)O[C@@H]1CO. The van der Waals surface area contributed by atoms with E-state index >= 15 is 0 Å². The molecule has 2 saturated heterocycles. The average Bonchev–Trinajstić information content (AvgIpc) is 2.30. The molecule has 5 rings (SSSR count). The maximum absolute atomic E-state index is 12.9. The van der Waals surface area contributed by atoms with Crippen LogP contribution in [-0.2, 0) is 46.8 Å². The highest BCUT2D eigenvalue weighted by Gasteiger charge is 2.42. The Hall–Kier alpha value is -5.82. The summed E-state index contributed by atoms with van der Waals surface area (Å²) < 4.78 is 46.7. The second kappa shape index (κ2) is 41.7. The minimum Gasteiger partial charge on any atom is -0.394 e. The van der Waals surface area contributed by atoms with Crippen LogP contribution in [0, 0.1) is 11.3 Å². The average molecular weight is 1350 g/mol. The van der Waals surface area contributed by atoms with Gasteiger partial charge in [0.2, 0.25) is 28.7 Å². The Kier molecular flexibility index (Phi) is 35.6. The minimum absolute atomic E-state index is 0.00359. The fourth-order valence-corrected chi connectivity index (χ4v) is 13.2. The Balaban J connectivity index is 0.000000417. The van der Waals surface area contributed by atoms with Gasteiger partial charge < -0.3 is 49.4 Å². The summed E-state index contributed by atoms with van der Waals surface area (Å²) in [6.45, 7) is 15.0. The number of ether oxygens (including phenoxy) is 2. The molecule has 0 spiro atoms. The molecule has 1 aromatic carbocycles. The molecule has 2 aliphatic heterocycles. The van der Waals surface area contributed by atoms with Gasteiger partial charge in [-0.05, 0) is 77.7 Å². The van der Waals surface area contributed by atoms with Gasteiger partial charge in [-0.15, -0.1) is 0 Å². The van der Waals surface area contributed by atoms with E-state index in [-0.39, 0.29) is 90.5 Å². The van der Waals surface area contributed by atoms with Crippen LogP contribution in [-0.4, -0.2) is 158 Å². The molecule has 30 heteroatoms. The van der Waals surface area contributed by atoms with E-state index in [9.17, 15) is 52.8 Å². The van der Waals surface area contributed by atoms with E-state index in [0.29, 0.717) is 62.5 Å². The number of aromatic nitrogens is 4. The number of nitrogens with zero attached hydrogens (tertiary/aromatic N) is 4. The maximum atomic E-state index is 12.9. The molecule has 7 N–H and O–H groups in total. The Morgan fingerprint density at radius 2 is 1.25 bits per heavy atom. The number of hydrogen-bond donors (Lipinski definition) is 8. The first-order valence-electron chi connectivity index (χ1n) is 30.9. The van der Waals surface area contributed by atoms with Gasteiger partial charge in [0, 0.05) is 113 Å². The van der Waals surface area contributed by atoms with Gasteiger partial charge in [-0.2, -0.15) is 17.9 Å². The number of rotatable bonds is 38. The number of carbonyl (C=O) groups excluding carboxylic acids is 5. The molecule has 7 atom stereocenters. The number of aliphatic hydroxyl groups is 1. The van der Waals surface area contributed by atoms with Crippen molar-refractivity contribution in [1.29, 1.82) is 5.26 Å². The number of hydrogen-bond acceptors (Lipinski definition) is 20. The summed E-state index contributed by atoms with van der Waals surface area (Å²) in [6.07, 6.45) is 12.8. The molecular formula is C61H92N10O16P2S2. The van der Waals surface area contributed by atoms with Gasteiger partial charge in [0.1, 0.15) is 18.6 Å². The van der Waals surface area contributed by atoms with Gasteiger partial charge in [-0.25, -0.2) is 14.3 Å². The largest absolute Gasteiger partial charge is 0.394 e. The summed E-state index contributed by atoms with van der Waals surface area (Å²) in [5.41, 5.74) is -1.81. The molecule has 2 aromatic heterocycles. The number of nitriles is 1. The van der Waals surface area contributed by atoms with Crippen LogP contribution in [0.2, 0.25) is 0 Å². The van der Waals surface area contributed by atoms with Crippen molar-refractivity contribution in [1.82, 2.24) is 45.0 Å². The van der Waals surface area contributed by atoms with Crippen molar-refractivity contribution in [2.75, 3.05) is 64.2 Å². The van der Waals surface area contributed by atoms with Crippen LogP contribution in [0.4, 0.5) is 0 Å². The fraction of sp³-hybridized carbons (Fsp3) is 0.607. The Morgan fingerprint density at radius 1 is 0.769 bits per heavy atom. The van der Waals surface area contributed by atoms with Crippen molar-refractivity contribution < 1.29 is 56.7 Å². The summed E-state index contributed by atoms with van der Waals surface area (Å²) in [4.78, 5) is 115. The lowest BCUT2D eigenvalue weighted by Crippen LogP contribution is -2.35. The first-order chi connectivity index (χ1) is 43.5. The van der Waals surface area contributed by atoms with Crippen LogP contribution in [0.1, 0.15) is 158 Å². The molecule has 4 heterocycles. The van der Waals surface area contributed by atoms with Gasteiger partial charge in [0.25, 0.3) is 19.6 Å². The van der Waals surface area contributed by atoms with E-state index in [2.05, 4.69) is 82.3 Å². The van der Waals surface area contributed by atoms with Crippen LogP contribution >= 0.6 is 40.3 Å². The third-order valence-electron chi connectivity index (χ3n) is 14.0. The van der Waals surface area contributed by atoms with Crippen molar-refractivity contribution in [3.8, 4) is 6.07 Å². The van der Waals surface area contributed by atoms with Gasteiger partial charge in [-0.3, -0.25) is 57.2 Å². The van der Waals surface area contributed by atoms with Crippen LogP contribution in [0.15, 0.2) is 74.1 Å². The molecular weight excluding hydrogens is 1250 g/mol. The third kappa shape index (κ3) is 28.5. The van der Waals surface area contributed by atoms with Crippen molar-refractivity contribution >= 4 is 81.2 Å². The second-order valence-electron chi connectivity index (χ2n) is 22.4. The van der Waals surface area contributed by atoms with Gasteiger partial charge in [-0.1, -0.05) is 74.7 Å². The fourth-order valence-electron chi connectivity index (χ4n) is 9.60. The molecule has 0 bridgehead atoms. The highest BCUT2D eigenvalue weighted by atomic mass is 32.2. The number of nitrogens with one attached hydrogen (secondary N) is 6. The summed E-state index contributed by atoms with van der Waals surface area (Å²) in [7, 11) is -4.39. The van der Waals surface area contributed by atoms with Crippen LogP contribution in [0.25, 0.3) is 12.2 Å². The highest BCUT2D eigenvalue weighted by molar-refractivity contribution is 8.14. The topological polar surface area (TPSA) is 354 Å². The molecule has 0 saturated carbocycles. The number of benzene rings is 1. The van der Waals surface area contributed by atoms with Gasteiger partial charge >= 0.3 is 11.4 Å². The number of unbranched alkanes of at least 4 members (excludes halogenated alkanes) is 6. The quantitative estimate of drug-likeness (QED) is 0.0131. The van der Waals surface area contributed by atoms with Gasteiger partial charge in [0.15, 0.2) is 7.37 Å². The lowest BCUT2D eigenvalue weighted by Gasteiger charge is -2.37. The van der Waals surface area contributed by atoms with Crippen molar-refractivity contribution in [3.05, 3.63) is 113 Å². The van der Waals surface area contributed by atoms with E-state index in [4.69, 9.17) is 28.3 Å². The molecule has 0 aliphatic carbocycles. The maximum Gasteiger partial charge on any atom is 0.330 e. The van der Waals surface area contributed by atoms with Gasteiger partial charge in [0.05, 0.1) is 55.1 Å². The summed E-state index contributed by atoms with van der Waals surface area (Å²) in [6, 6.07) is 11.3. The number of thioether (sulfide) groups is 1. The van der Waals surface area contributed by atoms with Crippen LogP contribution in [0.5, 0.6) is 0 Å². The van der Waals surface area contributed by atoms with E-state index < -0.39 is 69.2 Å². The number of aromatic amines is 2. The first kappa shape index (κ1) is 77.6. The van der Waals surface area contributed by atoms with Crippen molar-refractivity contribution in [3.63, 3.8) is 0 Å². The number of amides is 4. The van der Waals surface area contributed by atoms with Crippen molar-refractivity contribution in [2.45, 2.75) is 173 Å². The third-order valence-corrected chi connectivity index (χ3v) is 18.1. The molecule has 26 nitrogen and oxygen atoms in total. The summed E-state index contributed by atoms with van der Waals surface area (Å²) in [5, 5.41) is 29.8. The predicted molar refractivity (Wildman–Crippen MR) is 355 cm³/mol. The Labute approximate surface area is 542 Å². The zero-order valence-electron chi connectivity index (χ0n) is 53.1. The number of aliphatic hydroxyl groups excluding tert-OH is 1. The standard InChI is InChI=1S/C38H55N6O8PS.C23H37N4O8PS/c1-6-31-32(52-53(50-23-14-20-39)44(27(2)3)28(4)5)25-35(51-31)43-26-30(36(47)42-38(43)49)17-18-33(45)40-21-12-7-8-13-22-41-34(46)19-24-54-37(48)29-15-10-9-11-16-29;1-36(2,33)35-17-13-21(34-18(17)15-28)27-14-16(22(31)26-23(27)32)7-8-19(29)24-10-5-3-4-6-11-25-20(30)9-12-37/h9-11,15-18,26-28,31-32,35H,6-8,12-14,19,21-25H2,1-5H3,(H,40,45)(H,41,46)(H,42,47,49);7-8,14,17-18,21,28,37H,3-6,9-13,15H2,1-2H3,(H,24,29)(H,25,30)(H,26,31,32)/b18-17+;8-7+/t31-,32-,35-,53?;17-,18-,21-/m11/s1. The zero-order chi connectivity index (χ0) is 66.9. The molecule has 2 aliphatic rings. The molecule has 3 aromatic rings. The molecule has 504 valence electrons. The number of H-pyrrole nitrogens is 2. The second-order valence-corrected chi connectivity index (χ2v) is 28.0. The number of thiol groups is 1. The van der Waals surface area contributed by atoms with E-state index in [1.807, 2.05) is 25.1 Å². The van der Waals surface area contributed by atoms with E-state index in [1.165, 1.54) is 54.6 Å². The monoisotopic (exact) mass is 1350 g/mol. The molecule has 0 radical (unpaired) electrons. The van der Waals surface area contributed by atoms with E-state index in [0.717, 1.165) is 67.7 Å². The predicted octanol–water partition coefficient (Wildman–Crippen LogP) is 6.53. The lowest BCUT2D eigenvalue weighted by atomic mass is 10.1. The molecule has 2 fully saturated rings. The first-order valence-corrected chi connectivity index (χ1v) is 36.1. The van der Waals surface area contributed by atoms with E-state index in [1.54, 1.807) is 12.1 Å². The molecule has 1 unspecified atom stereocenters. The van der Waals surface area contributed by atoms with Crippen LogP contribution in [0.3, 0.4) is 0 Å². The zero-order valence-corrected chi connectivity index (χ0v) is 56.6. The molecule has 91 heavy (non-hydrogen) atoms. The normalized spacial score (nSPS) is 18.5. The highest BCUT2D eigenvalue weighted by Crippen LogP contribution is 2.50. The van der Waals surface area contributed by atoms with Crippen molar-refractivity contribution in [2.24, 2.45) is 0 Å². The molecule has 4 amide bonds. The Bertz CT molecular complexity index is 3180. The lowest BCUT2D eigenvalue weighted by molar-refractivity contribution is -0.121. The van der Waals surface area contributed by atoms with Crippen LogP contribution < -0.4 is 43.8 Å². The smallest absolute Gasteiger partial charge is 0.330 e.